The van der Waals surface area contributed by atoms with Crippen LogP contribution in [0.4, 0.5) is 0 Å². The average molecular weight is 449 g/mol. The standard InChI is InChI=1S/C21H21ClN2O5S/c1-5-29-17(25)11-24-18-12(2)9-13(22)10-16(18)30-21(24)23-20(26)14-7-6-8-15(27-3)19(14)28-4/h6-10H,5,11H2,1-4H3. The first kappa shape index (κ1) is 21.9. The molecular weight excluding hydrogens is 428 g/mol. The third-order valence-electron chi connectivity index (χ3n) is 4.36. The lowest BCUT2D eigenvalue weighted by atomic mass is 10.2. The van der Waals surface area contributed by atoms with Crippen LogP contribution < -0.4 is 14.3 Å². The fraction of sp³-hybridized carbons (Fsp3) is 0.286. The molecule has 3 aromatic rings. The van der Waals surface area contributed by atoms with Crippen LogP contribution in [0.2, 0.25) is 5.02 Å². The fourth-order valence-electron chi connectivity index (χ4n) is 3.15. The number of hydrogen-bond acceptors (Lipinski definition) is 6. The normalized spacial score (nSPS) is 11.6. The highest BCUT2D eigenvalue weighted by molar-refractivity contribution is 7.16. The maximum atomic E-state index is 13.0. The number of halogens is 1. The van der Waals surface area contributed by atoms with E-state index in [1.807, 2.05) is 6.92 Å². The summed E-state index contributed by atoms with van der Waals surface area (Å²) in [5, 5.41) is 0.567. The molecule has 0 unspecified atom stereocenters. The molecule has 7 nitrogen and oxygen atoms in total. The van der Waals surface area contributed by atoms with Gasteiger partial charge in [-0.05, 0) is 43.7 Å². The number of para-hydroxylation sites is 1. The molecule has 1 heterocycles. The number of fused-ring (bicyclic) bond motifs is 1. The summed E-state index contributed by atoms with van der Waals surface area (Å²) in [4.78, 5) is 29.9. The summed E-state index contributed by atoms with van der Waals surface area (Å²) in [6.07, 6.45) is 0. The summed E-state index contributed by atoms with van der Waals surface area (Å²) < 4.78 is 18.2. The molecule has 9 heteroatoms. The Bertz CT molecular complexity index is 1180. The number of ether oxygens (including phenoxy) is 3. The maximum absolute atomic E-state index is 13.0. The molecule has 0 N–H and O–H groups in total. The maximum Gasteiger partial charge on any atom is 0.326 e. The number of amides is 1. The number of rotatable bonds is 6. The van der Waals surface area contributed by atoms with Crippen molar-refractivity contribution in [1.29, 1.82) is 0 Å². The SMILES string of the molecule is CCOC(=O)Cn1c(=NC(=O)c2cccc(OC)c2OC)sc2cc(Cl)cc(C)c21. The van der Waals surface area contributed by atoms with Crippen molar-refractivity contribution in [3.63, 3.8) is 0 Å². The van der Waals surface area contributed by atoms with Crippen molar-refractivity contribution in [2.24, 2.45) is 4.99 Å². The Balaban J connectivity index is 2.20. The molecule has 1 amide bonds. The van der Waals surface area contributed by atoms with Crippen molar-refractivity contribution < 1.29 is 23.8 Å². The monoisotopic (exact) mass is 448 g/mol. The quantitative estimate of drug-likeness (QED) is 0.533. The van der Waals surface area contributed by atoms with Crippen LogP contribution in [0.1, 0.15) is 22.8 Å². The van der Waals surface area contributed by atoms with E-state index in [4.69, 9.17) is 25.8 Å². The van der Waals surface area contributed by atoms with E-state index >= 15 is 0 Å². The van der Waals surface area contributed by atoms with Crippen molar-refractivity contribution in [3.05, 3.63) is 51.3 Å². The number of methoxy groups -OCH3 is 2. The zero-order chi connectivity index (χ0) is 21.8. The lowest BCUT2D eigenvalue weighted by Crippen LogP contribution is -2.23. The van der Waals surface area contributed by atoms with E-state index in [0.717, 1.165) is 15.8 Å². The Morgan fingerprint density at radius 1 is 1.20 bits per heavy atom. The van der Waals surface area contributed by atoms with Crippen LogP contribution in [0.3, 0.4) is 0 Å². The molecule has 1 aromatic heterocycles. The molecule has 0 aliphatic carbocycles. The first-order chi connectivity index (χ1) is 14.4. The number of hydrogen-bond donors (Lipinski definition) is 0. The zero-order valence-electron chi connectivity index (χ0n) is 17.0. The first-order valence-corrected chi connectivity index (χ1v) is 10.3. The van der Waals surface area contributed by atoms with Gasteiger partial charge in [0, 0.05) is 5.02 Å². The second kappa shape index (κ2) is 9.32. The number of nitrogens with zero attached hydrogens (tertiary/aromatic N) is 2. The van der Waals surface area contributed by atoms with E-state index in [9.17, 15) is 9.59 Å². The molecule has 2 aromatic carbocycles. The molecule has 0 aliphatic heterocycles. The summed E-state index contributed by atoms with van der Waals surface area (Å²) in [6, 6.07) is 8.58. The van der Waals surface area contributed by atoms with Crippen molar-refractivity contribution in [3.8, 4) is 11.5 Å². The Morgan fingerprint density at radius 3 is 2.63 bits per heavy atom. The predicted octanol–water partition coefficient (Wildman–Crippen LogP) is 3.99. The number of thiazole rings is 1. The minimum absolute atomic E-state index is 0.0718. The van der Waals surface area contributed by atoms with Crippen LogP contribution >= 0.6 is 22.9 Å². The summed E-state index contributed by atoms with van der Waals surface area (Å²) >= 11 is 7.46. The van der Waals surface area contributed by atoms with Gasteiger partial charge in [-0.2, -0.15) is 4.99 Å². The summed E-state index contributed by atoms with van der Waals surface area (Å²) in [5.74, 6) is -0.207. The predicted molar refractivity (Wildman–Crippen MR) is 116 cm³/mol. The van der Waals surface area contributed by atoms with E-state index in [0.29, 0.717) is 21.3 Å². The van der Waals surface area contributed by atoms with Gasteiger partial charge in [-0.15, -0.1) is 0 Å². The number of carbonyl (C=O) groups is 2. The van der Waals surface area contributed by atoms with E-state index < -0.39 is 11.9 Å². The zero-order valence-corrected chi connectivity index (χ0v) is 18.6. The highest BCUT2D eigenvalue weighted by Crippen LogP contribution is 2.31. The lowest BCUT2D eigenvalue weighted by Gasteiger charge is -2.10. The third-order valence-corrected chi connectivity index (χ3v) is 5.60. The van der Waals surface area contributed by atoms with Crippen molar-refractivity contribution in [2.75, 3.05) is 20.8 Å². The van der Waals surface area contributed by atoms with E-state index in [1.54, 1.807) is 41.8 Å². The summed E-state index contributed by atoms with van der Waals surface area (Å²) in [6.45, 7) is 3.82. The molecule has 0 saturated heterocycles. The molecule has 3 rings (SSSR count). The van der Waals surface area contributed by atoms with Crippen LogP contribution in [0.5, 0.6) is 11.5 Å². The van der Waals surface area contributed by atoms with Gasteiger partial charge in [-0.1, -0.05) is 29.0 Å². The van der Waals surface area contributed by atoms with Gasteiger partial charge in [0.05, 0.1) is 36.6 Å². The molecular formula is C21H21ClN2O5S. The Labute approximate surface area is 182 Å². The number of esters is 1. The molecule has 0 bridgehead atoms. The van der Waals surface area contributed by atoms with Crippen LogP contribution in [0.15, 0.2) is 35.3 Å². The van der Waals surface area contributed by atoms with E-state index in [1.165, 1.54) is 25.6 Å². The molecule has 0 aliphatic rings. The summed E-state index contributed by atoms with van der Waals surface area (Å²) in [7, 11) is 2.95. The van der Waals surface area contributed by atoms with Crippen molar-refractivity contribution in [2.45, 2.75) is 20.4 Å². The van der Waals surface area contributed by atoms with Gasteiger partial charge in [0.2, 0.25) is 0 Å². The topological polar surface area (TPSA) is 79.1 Å². The second-order valence-electron chi connectivity index (χ2n) is 6.30. The van der Waals surface area contributed by atoms with Crippen LogP contribution in [0.25, 0.3) is 10.2 Å². The number of aromatic nitrogens is 1. The molecule has 0 atom stereocenters. The van der Waals surface area contributed by atoms with E-state index in [-0.39, 0.29) is 18.7 Å². The number of aryl methyl sites for hydroxylation is 1. The van der Waals surface area contributed by atoms with Gasteiger partial charge in [-0.25, -0.2) is 0 Å². The molecule has 30 heavy (non-hydrogen) atoms. The number of benzene rings is 2. The molecule has 0 radical (unpaired) electrons. The minimum atomic E-state index is -0.515. The second-order valence-corrected chi connectivity index (χ2v) is 7.75. The average Bonchev–Trinajstić information content (AvgIpc) is 3.03. The van der Waals surface area contributed by atoms with Crippen molar-refractivity contribution in [1.82, 2.24) is 4.57 Å². The molecule has 158 valence electrons. The van der Waals surface area contributed by atoms with Gasteiger partial charge in [0.15, 0.2) is 16.3 Å². The van der Waals surface area contributed by atoms with Gasteiger partial charge < -0.3 is 18.8 Å². The van der Waals surface area contributed by atoms with E-state index in [2.05, 4.69) is 4.99 Å². The smallest absolute Gasteiger partial charge is 0.326 e. The van der Waals surface area contributed by atoms with Gasteiger partial charge >= 0.3 is 5.97 Å². The molecule has 0 fully saturated rings. The van der Waals surface area contributed by atoms with Gasteiger partial charge in [0.25, 0.3) is 5.91 Å². The van der Waals surface area contributed by atoms with Crippen LogP contribution in [-0.2, 0) is 16.1 Å². The van der Waals surface area contributed by atoms with Crippen LogP contribution in [-0.4, -0.2) is 37.3 Å². The highest BCUT2D eigenvalue weighted by Gasteiger charge is 2.18. The Morgan fingerprint density at radius 2 is 1.97 bits per heavy atom. The Kier molecular flexibility index (Phi) is 6.79. The van der Waals surface area contributed by atoms with Crippen molar-refractivity contribution >= 4 is 45.0 Å². The molecule has 0 saturated carbocycles. The first-order valence-electron chi connectivity index (χ1n) is 9.14. The van der Waals surface area contributed by atoms with Crippen LogP contribution in [0, 0.1) is 6.92 Å². The third kappa shape index (κ3) is 4.34. The van der Waals surface area contributed by atoms with Gasteiger partial charge in [-0.3, -0.25) is 9.59 Å². The highest BCUT2D eigenvalue weighted by atomic mass is 35.5. The minimum Gasteiger partial charge on any atom is -0.493 e. The Hall–Kier alpha value is -2.84. The van der Waals surface area contributed by atoms with Gasteiger partial charge in [0.1, 0.15) is 6.54 Å². The summed E-state index contributed by atoms with van der Waals surface area (Å²) in [5.41, 5.74) is 1.90. The lowest BCUT2D eigenvalue weighted by molar-refractivity contribution is -0.143. The molecule has 0 spiro atoms. The fourth-order valence-corrected chi connectivity index (χ4v) is 4.63. The number of carbonyl (C=O) groups excluding carboxylic acids is 2. The largest absolute Gasteiger partial charge is 0.493 e.